The molecule has 0 unspecified atom stereocenters. The molecule has 10 heteroatoms. The summed E-state index contributed by atoms with van der Waals surface area (Å²) in [5.74, 6) is -1.69. The smallest absolute Gasteiger partial charge is 0.335 e. The number of rotatable bonds is 8. The highest BCUT2D eigenvalue weighted by Crippen LogP contribution is 2.30. The Morgan fingerprint density at radius 3 is 2.41 bits per heavy atom. The van der Waals surface area contributed by atoms with Crippen molar-refractivity contribution < 1.29 is 23.1 Å². The van der Waals surface area contributed by atoms with Gasteiger partial charge in [0.25, 0.3) is 10.0 Å². The molecule has 0 aromatic heterocycles. The van der Waals surface area contributed by atoms with Crippen LogP contribution in [0.4, 0.5) is 5.69 Å². The molecule has 0 saturated carbocycles. The van der Waals surface area contributed by atoms with E-state index in [-0.39, 0.29) is 22.7 Å². The summed E-state index contributed by atoms with van der Waals surface area (Å²) in [4.78, 5) is 23.8. The number of benzene rings is 3. The van der Waals surface area contributed by atoms with Gasteiger partial charge in [-0.2, -0.15) is 5.26 Å². The van der Waals surface area contributed by atoms with Crippen molar-refractivity contribution in [3.8, 4) is 6.07 Å². The number of halogens is 1. The van der Waals surface area contributed by atoms with Gasteiger partial charge in [0.1, 0.15) is 6.54 Å². The van der Waals surface area contributed by atoms with Crippen LogP contribution < -0.4 is 9.62 Å². The van der Waals surface area contributed by atoms with Crippen LogP contribution in [0.15, 0.2) is 71.6 Å². The van der Waals surface area contributed by atoms with Crippen molar-refractivity contribution in [1.82, 2.24) is 5.32 Å². The molecule has 0 aliphatic heterocycles. The van der Waals surface area contributed by atoms with Crippen LogP contribution in [0.5, 0.6) is 0 Å². The van der Waals surface area contributed by atoms with Crippen LogP contribution in [0.25, 0.3) is 0 Å². The molecule has 0 saturated heterocycles. The number of sulfonamides is 1. The number of carboxylic acid groups (broad SMARTS) is 1. The lowest BCUT2D eigenvalue weighted by molar-refractivity contribution is -0.119. The van der Waals surface area contributed by atoms with Crippen molar-refractivity contribution in [3.05, 3.63) is 94.0 Å². The summed E-state index contributed by atoms with van der Waals surface area (Å²) in [5.41, 5.74) is 1.63. The van der Waals surface area contributed by atoms with Gasteiger partial charge in [0.15, 0.2) is 0 Å². The van der Waals surface area contributed by atoms with E-state index in [1.54, 1.807) is 37.3 Å². The second-order valence-electron chi connectivity index (χ2n) is 7.31. The molecule has 0 bridgehead atoms. The maximum absolute atomic E-state index is 13.5. The van der Waals surface area contributed by atoms with Gasteiger partial charge in [0.2, 0.25) is 5.91 Å². The minimum Gasteiger partial charge on any atom is -0.478 e. The monoisotopic (exact) mass is 497 g/mol. The summed E-state index contributed by atoms with van der Waals surface area (Å²) in [6.07, 6.45) is 0. The number of nitriles is 1. The molecule has 0 aliphatic carbocycles. The molecule has 3 aromatic rings. The molecule has 3 rings (SSSR count). The van der Waals surface area contributed by atoms with Gasteiger partial charge in [-0.3, -0.25) is 9.10 Å². The van der Waals surface area contributed by atoms with E-state index in [1.165, 1.54) is 36.4 Å². The van der Waals surface area contributed by atoms with Gasteiger partial charge in [-0.25, -0.2) is 13.2 Å². The van der Waals surface area contributed by atoms with E-state index in [1.807, 2.05) is 6.07 Å². The van der Waals surface area contributed by atoms with Crippen LogP contribution in [0, 0.1) is 18.3 Å². The van der Waals surface area contributed by atoms with E-state index in [0.717, 1.165) is 4.31 Å². The number of hydrogen-bond donors (Lipinski definition) is 2. The van der Waals surface area contributed by atoms with Crippen molar-refractivity contribution in [2.75, 3.05) is 10.8 Å². The second kappa shape index (κ2) is 10.4. The summed E-state index contributed by atoms with van der Waals surface area (Å²) in [6, 6.07) is 18.1. The second-order valence-corrected chi connectivity index (χ2v) is 9.58. The number of amides is 1. The van der Waals surface area contributed by atoms with Crippen LogP contribution in [-0.4, -0.2) is 31.9 Å². The first kappa shape index (κ1) is 24.8. The molecule has 1 amide bonds. The normalized spacial score (nSPS) is 10.9. The number of aromatic carboxylic acids is 1. The maximum Gasteiger partial charge on any atom is 0.335 e. The lowest BCUT2D eigenvalue weighted by Crippen LogP contribution is -2.41. The van der Waals surface area contributed by atoms with Crippen molar-refractivity contribution in [3.63, 3.8) is 0 Å². The third-order valence-electron chi connectivity index (χ3n) is 5.03. The number of nitrogens with zero attached hydrogens (tertiary/aromatic N) is 2. The Hall–Kier alpha value is -3.87. The molecular weight excluding hydrogens is 478 g/mol. The number of anilines is 1. The molecule has 8 nitrogen and oxygen atoms in total. The standard InChI is InChI=1S/C24H20ClN3O5S/c1-16-21(25)6-3-7-22(16)28(34(32,33)20-10-8-17(13-26)9-11-20)15-23(29)27-14-18-4-2-5-19(12-18)24(30)31/h2-12H,14-15H2,1H3,(H,27,29)(H,30,31). The Balaban J connectivity index is 1.90. The number of carbonyl (C=O) groups excluding carboxylic acids is 1. The average molecular weight is 498 g/mol. The zero-order valence-electron chi connectivity index (χ0n) is 18.0. The average Bonchev–Trinajstić information content (AvgIpc) is 2.83. The fraction of sp³-hybridized carbons (Fsp3) is 0.125. The highest BCUT2D eigenvalue weighted by atomic mass is 35.5. The summed E-state index contributed by atoms with van der Waals surface area (Å²) in [5, 5.41) is 21.1. The lowest BCUT2D eigenvalue weighted by Gasteiger charge is -2.26. The van der Waals surface area contributed by atoms with E-state index in [0.29, 0.717) is 21.7 Å². The number of hydrogen-bond acceptors (Lipinski definition) is 5. The minimum atomic E-state index is -4.19. The quantitative estimate of drug-likeness (QED) is 0.488. The van der Waals surface area contributed by atoms with Gasteiger partial charge < -0.3 is 10.4 Å². The summed E-state index contributed by atoms with van der Waals surface area (Å²) >= 11 is 6.21. The number of nitrogens with one attached hydrogen (secondary N) is 1. The topological polar surface area (TPSA) is 128 Å². The third-order valence-corrected chi connectivity index (χ3v) is 7.21. The Morgan fingerprint density at radius 1 is 1.09 bits per heavy atom. The van der Waals surface area contributed by atoms with Crippen molar-refractivity contribution >= 4 is 39.2 Å². The summed E-state index contributed by atoms with van der Waals surface area (Å²) in [6.45, 7) is 1.12. The molecule has 0 atom stereocenters. The summed E-state index contributed by atoms with van der Waals surface area (Å²) in [7, 11) is -4.19. The van der Waals surface area contributed by atoms with Gasteiger partial charge >= 0.3 is 5.97 Å². The molecule has 34 heavy (non-hydrogen) atoms. The Morgan fingerprint density at radius 2 is 1.76 bits per heavy atom. The van der Waals surface area contributed by atoms with Gasteiger partial charge in [-0.1, -0.05) is 29.8 Å². The fourth-order valence-electron chi connectivity index (χ4n) is 3.20. The Kier molecular flexibility index (Phi) is 7.56. The summed E-state index contributed by atoms with van der Waals surface area (Å²) < 4.78 is 27.9. The van der Waals surface area contributed by atoms with Crippen LogP contribution in [0.1, 0.15) is 27.0 Å². The van der Waals surface area contributed by atoms with Gasteiger partial charge in [0, 0.05) is 11.6 Å². The molecule has 0 spiro atoms. The molecule has 3 aromatic carbocycles. The molecule has 0 heterocycles. The Labute approximate surface area is 202 Å². The first-order chi connectivity index (χ1) is 16.1. The number of carbonyl (C=O) groups is 2. The molecule has 174 valence electrons. The van der Waals surface area contributed by atoms with Crippen molar-refractivity contribution in [1.29, 1.82) is 5.26 Å². The predicted molar refractivity (Wildman–Crippen MR) is 127 cm³/mol. The van der Waals surface area contributed by atoms with Gasteiger partial charge in [-0.05, 0) is 66.6 Å². The minimum absolute atomic E-state index is 0.0131. The predicted octanol–water partition coefficient (Wildman–Crippen LogP) is 3.73. The molecule has 0 radical (unpaired) electrons. The SMILES string of the molecule is Cc1c(Cl)cccc1N(CC(=O)NCc1cccc(C(=O)O)c1)S(=O)(=O)c1ccc(C#N)cc1. The molecule has 0 aliphatic rings. The number of carboxylic acids is 1. The Bertz CT molecular complexity index is 1380. The molecular formula is C24H20ClN3O5S. The van der Waals surface area contributed by atoms with Crippen LogP contribution in [-0.2, 0) is 21.4 Å². The fourth-order valence-corrected chi connectivity index (χ4v) is 4.84. The third kappa shape index (κ3) is 5.54. The zero-order chi connectivity index (χ0) is 24.9. The first-order valence-electron chi connectivity index (χ1n) is 10.0. The van der Waals surface area contributed by atoms with E-state index in [9.17, 15) is 18.0 Å². The van der Waals surface area contributed by atoms with Crippen molar-refractivity contribution in [2.45, 2.75) is 18.4 Å². The molecule has 2 N–H and O–H groups in total. The zero-order valence-corrected chi connectivity index (χ0v) is 19.6. The highest BCUT2D eigenvalue weighted by molar-refractivity contribution is 7.92. The maximum atomic E-state index is 13.5. The van der Waals surface area contributed by atoms with E-state index < -0.39 is 28.4 Å². The van der Waals surface area contributed by atoms with Crippen LogP contribution >= 0.6 is 11.6 Å². The first-order valence-corrected chi connectivity index (χ1v) is 11.8. The largest absolute Gasteiger partial charge is 0.478 e. The van der Waals surface area contributed by atoms with Crippen LogP contribution in [0.3, 0.4) is 0 Å². The van der Waals surface area contributed by atoms with Crippen molar-refractivity contribution in [2.24, 2.45) is 0 Å². The van der Waals surface area contributed by atoms with Gasteiger partial charge in [0.05, 0.1) is 27.8 Å². The van der Waals surface area contributed by atoms with E-state index >= 15 is 0 Å². The molecule has 0 fully saturated rings. The van der Waals surface area contributed by atoms with Gasteiger partial charge in [-0.15, -0.1) is 0 Å². The lowest BCUT2D eigenvalue weighted by atomic mass is 10.1. The van der Waals surface area contributed by atoms with E-state index in [4.69, 9.17) is 22.0 Å². The van der Waals surface area contributed by atoms with Crippen LogP contribution in [0.2, 0.25) is 5.02 Å². The van der Waals surface area contributed by atoms with E-state index in [2.05, 4.69) is 5.32 Å². The highest BCUT2D eigenvalue weighted by Gasteiger charge is 2.28.